The maximum Gasteiger partial charge on any atom is 0.522 e. The molecule has 0 aromatic rings. The lowest BCUT2D eigenvalue weighted by molar-refractivity contribution is -0.321. The third kappa shape index (κ3) is 5.28. The zero-order valence-corrected chi connectivity index (χ0v) is 16.2. The normalized spacial score (nSPS) is 25.9. The fourth-order valence-electron chi connectivity index (χ4n) is 4.13. The van der Waals surface area contributed by atoms with Crippen LogP contribution in [-0.2, 0) is 23.9 Å². The molecule has 2 heterocycles. The lowest BCUT2D eigenvalue weighted by Gasteiger charge is -2.26. The molecule has 1 saturated carbocycles. The van der Waals surface area contributed by atoms with Crippen LogP contribution < -0.4 is 10.6 Å². The predicted molar refractivity (Wildman–Crippen MR) is 93.5 cm³/mol. The number of hydrogen-bond donors (Lipinski definition) is 3. The van der Waals surface area contributed by atoms with E-state index >= 15 is 0 Å². The maximum atomic E-state index is 12.9. The first-order chi connectivity index (χ1) is 14.0. The van der Waals surface area contributed by atoms with Gasteiger partial charge in [0.05, 0.1) is 6.04 Å². The lowest BCUT2D eigenvalue weighted by atomic mass is 9.95. The van der Waals surface area contributed by atoms with Crippen LogP contribution in [0.1, 0.15) is 32.1 Å². The van der Waals surface area contributed by atoms with E-state index < -0.39 is 55.2 Å². The number of nitrogens with zero attached hydrogens (tertiary/aromatic N) is 1. The van der Waals surface area contributed by atoms with Crippen LogP contribution in [0, 0.1) is 11.3 Å². The summed E-state index contributed by atoms with van der Waals surface area (Å²) >= 11 is 0. The van der Waals surface area contributed by atoms with Crippen molar-refractivity contribution >= 4 is 23.5 Å². The Labute approximate surface area is 170 Å². The third-order valence-electron chi connectivity index (χ3n) is 5.99. The van der Waals surface area contributed by atoms with Crippen LogP contribution in [0.5, 0.6) is 0 Å². The second kappa shape index (κ2) is 8.50. The van der Waals surface area contributed by atoms with Gasteiger partial charge >= 0.3 is 6.36 Å². The van der Waals surface area contributed by atoms with Gasteiger partial charge in [-0.3, -0.25) is 23.9 Å². The molecule has 0 bridgehead atoms. The Morgan fingerprint density at radius 1 is 1.33 bits per heavy atom. The zero-order chi connectivity index (χ0) is 22.1. The van der Waals surface area contributed by atoms with Gasteiger partial charge in [-0.25, -0.2) is 0 Å². The number of halogens is 3. The van der Waals surface area contributed by atoms with Crippen molar-refractivity contribution in [2.75, 3.05) is 26.3 Å². The van der Waals surface area contributed by atoms with Gasteiger partial charge < -0.3 is 20.6 Å². The molecule has 168 valence electrons. The molecule has 0 radical (unpaired) electrons. The number of ether oxygens (including phenoxy) is 1. The molecule has 1 spiro atoms. The van der Waals surface area contributed by atoms with Crippen molar-refractivity contribution < 1.29 is 42.2 Å². The van der Waals surface area contributed by atoms with Crippen LogP contribution in [-0.4, -0.2) is 78.3 Å². The summed E-state index contributed by atoms with van der Waals surface area (Å²) in [7, 11) is 0. The number of alkyl halides is 3. The largest absolute Gasteiger partial charge is 0.522 e. The average Bonchev–Trinajstić information content (AvgIpc) is 3.14. The van der Waals surface area contributed by atoms with E-state index in [1.54, 1.807) is 0 Å². The van der Waals surface area contributed by atoms with E-state index in [0.29, 0.717) is 25.9 Å². The molecule has 2 aliphatic heterocycles. The molecule has 0 unspecified atom stereocenters. The monoisotopic (exact) mass is 435 g/mol. The number of carbonyl (C=O) groups excluding carboxylic acids is 4. The molecule has 3 atom stereocenters. The zero-order valence-electron chi connectivity index (χ0n) is 16.2. The van der Waals surface area contributed by atoms with Crippen molar-refractivity contribution in [2.24, 2.45) is 11.3 Å². The Morgan fingerprint density at radius 2 is 2.03 bits per heavy atom. The van der Waals surface area contributed by atoms with Gasteiger partial charge in [-0.15, -0.1) is 13.2 Å². The summed E-state index contributed by atoms with van der Waals surface area (Å²) in [4.78, 5) is 50.3. The van der Waals surface area contributed by atoms with Crippen molar-refractivity contribution in [3.63, 3.8) is 0 Å². The fraction of sp³-hybridized carbons (Fsp3) is 0.778. The molecule has 3 amide bonds. The number of likely N-dealkylation sites (tertiary alicyclic amines) is 1. The van der Waals surface area contributed by atoms with Crippen LogP contribution in [0.2, 0.25) is 0 Å². The fourth-order valence-corrected chi connectivity index (χ4v) is 4.13. The van der Waals surface area contributed by atoms with Gasteiger partial charge in [-0.05, 0) is 37.5 Å². The number of hydrogen-bond acceptors (Lipinski definition) is 6. The summed E-state index contributed by atoms with van der Waals surface area (Å²) in [6.45, 7) is -1.38. The Balaban J connectivity index is 1.70. The van der Waals surface area contributed by atoms with Gasteiger partial charge in [0, 0.05) is 19.0 Å². The summed E-state index contributed by atoms with van der Waals surface area (Å²) < 4.78 is 40.6. The van der Waals surface area contributed by atoms with Crippen molar-refractivity contribution in [3.05, 3.63) is 0 Å². The van der Waals surface area contributed by atoms with Crippen molar-refractivity contribution in [3.8, 4) is 0 Å². The summed E-state index contributed by atoms with van der Waals surface area (Å²) in [5.74, 6) is -3.30. The number of amides is 3. The Kier molecular flexibility index (Phi) is 6.37. The van der Waals surface area contributed by atoms with E-state index in [1.165, 1.54) is 4.90 Å². The molecule has 3 rings (SSSR count). The third-order valence-corrected chi connectivity index (χ3v) is 5.99. The van der Waals surface area contributed by atoms with E-state index in [0.717, 1.165) is 12.8 Å². The molecule has 0 aromatic heterocycles. The molecule has 3 N–H and O–H groups in total. The number of aliphatic hydroxyl groups is 1. The molecular formula is C18H24F3N3O6. The molecule has 0 aromatic carbocycles. The maximum absolute atomic E-state index is 12.9. The van der Waals surface area contributed by atoms with Gasteiger partial charge in [-0.1, -0.05) is 0 Å². The van der Waals surface area contributed by atoms with E-state index in [4.69, 9.17) is 0 Å². The molecule has 2 saturated heterocycles. The number of Topliss-reactive ketones (excluding diaryl/α,β-unsaturated/α-hetero) is 1. The standard InChI is InChI=1S/C18H24F3N3O6/c19-18(20,21)30-8-13(26)11(5-10-1-4-22-15(10)28)23-16(29)12-6-17(2-3-17)9-24(12)14(27)7-25/h10-12,25H,1-9H2,(H,22,28)(H,23,29)/t10-,11-,12-/m0/s1. The Hall–Kier alpha value is -2.21. The van der Waals surface area contributed by atoms with Crippen LogP contribution in [0.15, 0.2) is 0 Å². The van der Waals surface area contributed by atoms with Crippen LogP contribution in [0.4, 0.5) is 13.2 Å². The lowest BCUT2D eigenvalue weighted by Crippen LogP contribution is -2.52. The van der Waals surface area contributed by atoms with E-state index in [-0.39, 0.29) is 17.7 Å². The topological polar surface area (TPSA) is 125 Å². The molecule has 3 aliphatic rings. The summed E-state index contributed by atoms with van der Waals surface area (Å²) in [5.41, 5.74) is -0.183. The van der Waals surface area contributed by atoms with E-state index in [1.807, 2.05) is 0 Å². The summed E-state index contributed by atoms with van der Waals surface area (Å²) in [6, 6.07) is -2.29. The minimum absolute atomic E-state index is 0.163. The first-order valence-corrected chi connectivity index (χ1v) is 9.75. The smallest absolute Gasteiger partial charge is 0.387 e. The first-order valence-electron chi connectivity index (χ1n) is 9.75. The molecule has 9 nitrogen and oxygen atoms in total. The molecule has 1 aliphatic carbocycles. The number of ketones is 1. The van der Waals surface area contributed by atoms with Crippen molar-refractivity contribution in [2.45, 2.75) is 50.6 Å². The predicted octanol–water partition coefficient (Wildman–Crippen LogP) is -0.524. The second-order valence-corrected chi connectivity index (χ2v) is 8.17. The van der Waals surface area contributed by atoms with E-state index in [9.17, 15) is 37.5 Å². The first kappa shape index (κ1) is 22.5. The Morgan fingerprint density at radius 3 is 2.57 bits per heavy atom. The number of aliphatic hydroxyl groups excluding tert-OH is 1. The van der Waals surface area contributed by atoms with Crippen LogP contribution in [0.25, 0.3) is 0 Å². The van der Waals surface area contributed by atoms with Gasteiger partial charge in [-0.2, -0.15) is 0 Å². The van der Waals surface area contributed by atoms with Crippen LogP contribution in [0.3, 0.4) is 0 Å². The minimum Gasteiger partial charge on any atom is -0.387 e. The molecule has 12 heteroatoms. The SMILES string of the molecule is O=C1NCC[C@H]1C[C@H](NC(=O)[C@@H]1CC2(CC2)CN1C(=O)CO)C(=O)COC(F)(F)F. The molecular weight excluding hydrogens is 411 g/mol. The summed E-state index contributed by atoms with van der Waals surface area (Å²) in [5, 5.41) is 14.2. The van der Waals surface area contributed by atoms with Crippen LogP contribution >= 0.6 is 0 Å². The van der Waals surface area contributed by atoms with Gasteiger partial charge in [0.15, 0.2) is 5.78 Å². The highest BCUT2D eigenvalue weighted by Crippen LogP contribution is 2.54. The second-order valence-electron chi connectivity index (χ2n) is 8.17. The highest BCUT2D eigenvalue weighted by atomic mass is 19.4. The number of rotatable bonds is 8. The Bertz CT molecular complexity index is 724. The quantitative estimate of drug-likeness (QED) is 0.471. The van der Waals surface area contributed by atoms with Crippen molar-refractivity contribution in [1.29, 1.82) is 0 Å². The highest BCUT2D eigenvalue weighted by molar-refractivity contribution is 5.94. The van der Waals surface area contributed by atoms with Crippen molar-refractivity contribution in [1.82, 2.24) is 15.5 Å². The number of nitrogens with one attached hydrogen (secondary N) is 2. The number of carbonyl (C=O) groups is 4. The van der Waals surface area contributed by atoms with E-state index in [2.05, 4.69) is 15.4 Å². The average molecular weight is 435 g/mol. The summed E-state index contributed by atoms with van der Waals surface area (Å²) in [6.07, 6.45) is -2.77. The minimum atomic E-state index is -5.01. The van der Waals surface area contributed by atoms with Gasteiger partial charge in [0.2, 0.25) is 17.7 Å². The van der Waals surface area contributed by atoms with Gasteiger partial charge in [0.1, 0.15) is 19.3 Å². The molecule has 30 heavy (non-hydrogen) atoms. The molecule has 3 fully saturated rings. The van der Waals surface area contributed by atoms with Gasteiger partial charge in [0.25, 0.3) is 0 Å². The highest BCUT2D eigenvalue weighted by Gasteiger charge is 2.55.